The Hall–Kier alpha value is -1.79. The van der Waals surface area contributed by atoms with Crippen molar-refractivity contribution in [1.29, 1.82) is 0 Å². The number of thioether (sulfide) groups is 1. The highest BCUT2D eigenvalue weighted by molar-refractivity contribution is 7.98. The number of benzene rings is 1. The Morgan fingerprint density at radius 2 is 2.12 bits per heavy atom. The van der Waals surface area contributed by atoms with Crippen LogP contribution in [0.25, 0.3) is 0 Å². The number of H-pyrrole nitrogens is 1. The van der Waals surface area contributed by atoms with Gasteiger partial charge in [-0.05, 0) is 36.5 Å². The number of rotatable bonds is 5. The van der Waals surface area contributed by atoms with Gasteiger partial charge in [0.2, 0.25) is 5.91 Å². The maximum atomic E-state index is 12.5. The van der Waals surface area contributed by atoms with Crippen molar-refractivity contribution in [2.24, 2.45) is 5.92 Å². The molecule has 1 amide bonds. The van der Waals surface area contributed by atoms with Crippen LogP contribution in [0, 0.1) is 5.92 Å². The Morgan fingerprint density at radius 3 is 2.85 bits per heavy atom. The number of carbonyl (C=O) groups excluding carboxylic acids is 1. The lowest BCUT2D eigenvalue weighted by Gasteiger charge is -2.30. The van der Waals surface area contributed by atoms with Gasteiger partial charge in [0, 0.05) is 29.9 Å². The Balaban J connectivity index is 1.63. The van der Waals surface area contributed by atoms with Gasteiger partial charge in [-0.1, -0.05) is 42.4 Å². The van der Waals surface area contributed by atoms with E-state index in [1.165, 1.54) is 17.8 Å². The molecule has 1 aromatic heterocycles. The van der Waals surface area contributed by atoms with Crippen LogP contribution in [0.3, 0.4) is 0 Å². The van der Waals surface area contributed by atoms with Crippen molar-refractivity contribution in [3.05, 3.63) is 57.0 Å². The molecule has 1 aliphatic heterocycles. The summed E-state index contributed by atoms with van der Waals surface area (Å²) in [5.74, 6) is 1.36. The number of aromatic amines is 1. The molecular weight excluding hydrogens is 370 g/mol. The zero-order chi connectivity index (χ0) is 18.5. The van der Waals surface area contributed by atoms with Gasteiger partial charge in [-0.3, -0.25) is 9.59 Å². The zero-order valence-electron chi connectivity index (χ0n) is 14.7. The third kappa shape index (κ3) is 5.35. The average Bonchev–Trinajstić information content (AvgIpc) is 2.60. The number of hydrogen-bond acceptors (Lipinski definition) is 4. The molecule has 7 heteroatoms. The first-order chi connectivity index (χ1) is 12.5. The van der Waals surface area contributed by atoms with Crippen LogP contribution in [-0.2, 0) is 17.0 Å². The summed E-state index contributed by atoms with van der Waals surface area (Å²) >= 11 is 7.42. The van der Waals surface area contributed by atoms with Crippen molar-refractivity contribution in [3.8, 4) is 0 Å². The molecule has 138 valence electrons. The molecule has 1 N–H and O–H groups in total. The highest BCUT2D eigenvalue weighted by atomic mass is 35.5. The monoisotopic (exact) mass is 391 g/mol. The number of amides is 1. The molecule has 1 fully saturated rings. The van der Waals surface area contributed by atoms with Crippen LogP contribution >= 0.6 is 23.4 Å². The lowest BCUT2D eigenvalue weighted by atomic mass is 9.99. The Kier molecular flexibility index (Phi) is 6.38. The molecule has 0 unspecified atom stereocenters. The number of aromatic nitrogens is 2. The predicted octanol–water partition coefficient (Wildman–Crippen LogP) is 3.52. The largest absolute Gasteiger partial charge is 0.342 e. The molecular formula is C19H22ClN3O2S. The van der Waals surface area contributed by atoms with Crippen LogP contribution in [-0.4, -0.2) is 33.9 Å². The van der Waals surface area contributed by atoms with Gasteiger partial charge in [0.25, 0.3) is 5.56 Å². The lowest BCUT2D eigenvalue weighted by molar-refractivity contribution is -0.131. The van der Waals surface area contributed by atoms with Gasteiger partial charge >= 0.3 is 0 Å². The molecule has 2 aromatic rings. The van der Waals surface area contributed by atoms with E-state index in [0.29, 0.717) is 27.5 Å². The third-order valence-corrected chi connectivity index (χ3v) is 5.69. The van der Waals surface area contributed by atoms with Gasteiger partial charge in [0.1, 0.15) is 0 Å². The number of carbonyl (C=O) groups is 1. The SMILES string of the molecule is CC1CCN(C(=O)Cc2cc(=O)[nH]c(SCc3cccc(Cl)c3)n2)CC1. The minimum Gasteiger partial charge on any atom is -0.342 e. The van der Waals surface area contributed by atoms with E-state index in [-0.39, 0.29) is 17.9 Å². The summed E-state index contributed by atoms with van der Waals surface area (Å²) in [6.07, 6.45) is 2.24. The molecule has 0 spiro atoms. The Bertz CT molecular complexity index is 832. The van der Waals surface area contributed by atoms with Crippen molar-refractivity contribution < 1.29 is 4.79 Å². The van der Waals surface area contributed by atoms with E-state index in [9.17, 15) is 9.59 Å². The Labute approximate surface area is 162 Å². The van der Waals surface area contributed by atoms with Crippen molar-refractivity contribution >= 4 is 29.3 Å². The summed E-state index contributed by atoms with van der Waals surface area (Å²) in [5.41, 5.74) is 1.34. The molecule has 2 heterocycles. The summed E-state index contributed by atoms with van der Waals surface area (Å²) in [7, 11) is 0. The fourth-order valence-electron chi connectivity index (χ4n) is 2.95. The summed E-state index contributed by atoms with van der Waals surface area (Å²) < 4.78 is 0. The van der Waals surface area contributed by atoms with Gasteiger partial charge < -0.3 is 9.88 Å². The normalized spacial score (nSPS) is 15.2. The van der Waals surface area contributed by atoms with Crippen molar-refractivity contribution in [1.82, 2.24) is 14.9 Å². The fraction of sp³-hybridized carbons (Fsp3) is 0.421. The van der Waals surface area contributed by atoms with Gasteiger partial charge in [-0.2, -0.15) is 0 Å². The number of halogens is 1. The summed E-state index contributed by atoms with van der Waals surface area (Å²) in [6.45, 7) is 3.79. The standard InChI is InChI=1S/C19H22ClN3O2S/c1-13-5-7-23(8-6-13)18(25)11-16-10-17(24)22-19(21-16)26-12-14-3-2-4-15(20)9-14/h2-4,9-10,13H,5-8,11-12H2,1H3,(H,21,22,24). The fourth-order valence-corrected chi connectivity index (χ4v) is 4.00. The first kappa shape index (κ1) is 19.0. The number of hydrogen-bond donors (Lipinski definition) is 1. The van der Waals surface area contributed by atoms with Crippen LogP contribution < -0.4 is 5.56 Å². The van der Waals surface area contributed by atoms with E-state index >= 15 is 0 Å². The maximum Gasteiger partial charge on any atom is 0.251 e. The van der Waals surface area contributed by atoms with Crippen molar-refractivity contribution in [2.75, 3.05) is 13.1 Å². The van der Waals surface area contributed by atoms with E-state index in [2.05, 4.69) is 16.9 Å². The topological polar surface area (TPSA) is 66.1 Å². The summed E-state index contributed by atoms with van der Waals surface area (Å²) in [5, 5.41) is 1.20. The zero-order valence-corrected chi connectivity index (χ0v) is 16.3. The highest BCUT2D eigenvalue weighted by Crippen LogP contribution is 2.21. The second kappa shape index (κ2) is 8.73. The van der Waals surface area contributed by atoms with E-state index in [0.717, 1.165) is 31.5 Å². The first-order valence-electron chi connectivity index (χ1n) is 8.75. The second-order valence-electron chi connectivity index (χ2n) is 6.70. The van der Waals surface area contributed by atoms with Crippen LogP contribution in [0.4, 0.5) is 0 Å². The molecule has 0 aliphatic carbocycles. The van der Waals surface area contributed by atoms with E-state index in [1.54, 1.807) is 0 Å². The molecule has 1 aliphatic rings. The average molecular weight is 392 g/mol. The number of likely N-dealkylation sites (tertiary alicyclic amines) is 1. The summed E-state index contributed by atoms with van der Waals surface area (Å²) in [4.78, 5) is 33.4. The van der Waals surface area contributed by atoms with E-state index in [4.69, 9.17) is 11.6 Å². The molecule has 0 radical (unpaired) electrons. The molecule has 0 bridgehead atoms. The van der Waals surface area contributed by atoms with Crippen LogP contribution in [0.15, 0.2) is 40.3 Å². The van der Waals surface area contributed by atoms with E-state index in [1.807, 2.05) is 29.2 Å². The molecule has 0 saturated carbocycles. The molecule has 1 saturated heterocycles. The minimum atomic E-state index is -0.233. The smallest absolute Gasteiger partial charge is 0.251 e. The predicted molar refractivity (Wildman–Crippen MR) is 105 cm³/mol. The molecule has 5 nitrogen and oxygen atoms in total. The number of nitrogens with zero attached hydrogens (tertiary/aromatic N) is 2. The lowest BCUT2D eigenvalue weighted by Crippen LogP contribution is -2.39. The van der Waals surface area contributed by atoms with Crippen LogP contribution in [0.1, 0.15) is 31.0 Å². The molecule has 26 heavy (non-hydrogen) atoms. The molecule has 3 rings (SSSR count). The Morgan fingerprint density at radius 1 is 1.35 bits per heavy atom. The number of piperidine rings is 1. The van der Waals surface area contributed by atoms with Crippen molar-refractivity contribution in [2.45, 2.75) is 37.1 Å². The highest BCUT2D eigenvalue weighted by Gasteiger charge is 2.21. The second-order valence-corrected chi connectivity index (χ2v) is 8.10. The molecule has 0 atom stereocenters. The minimum absolute atomic E-state index is 0.0424. The molecule has 1 aromatic carbocycles. The quantitative estimate of drug-likeness (QED) is 0.625. The van der Waals surface area contributed by atoms with Gasteiger partial charge in [0.05, 0.1) is 12.1 Å². The van der Waals surface area contributed by atoms with Crippen molar-refractivity contribution in [3.63, 3.8) is 0 Å². The van der Waals surface area contributed by atoms with Crippen LogP contribution in [0.2, 0.25) is 5.02 Å². The van der Waals surface area contributed by atoms with E-state index < -0.39 is 0 Å². The van der Waals surface area contributed by atoms with Gasteiger partial charge in [-0.25, -0.2) is 4.98 Å². The summed E-state index contributed by atoms with van der Waals surface area (Å²) in [6, 6.07) is 8.99. The van der Waals surface area contributed by atoms with Gasteiger partial charge in [0.15, 0.2) is 5.16 Å². The van der Waals surface area contributed by atoms with Gasteiger partial charge in [-0.15, -0.1) is 0 Å². The first-order valence-corrected chi connectivity index (χ1v) is 10.1. The number of nitrogens with one attached hydrogen (secondary N) is 1. The third-order valence-electron chi connectivity index (χ3n) is 4.51. The van der Waals surface area contributed by atoms with Crippen LogP contribution in [0.5, 0.6) is 0 Å². The maximum absolute atomic E-state index is 12.5.